The van der Waals surface area contributed by atoms with Crippen molar-refractivity contribution in [3.63, 3.8) is 0 Å². The van der Waals surface area contributed by atoms with Crippen LogP contribution in [0, 0.1) is 0 Å². The van der Waals surface area contributed by atoms with Crippen molar-refractivity contribution in [3.8, 4) is 0 Å². The summed E-state index contributed by atoms with van der Waals surface area (Å²) in [5.74, 6) is -1.25. The number of fused-ring (bicyclic) bond motifs is 1. The van der Waals surface area contributed by atoms with Crippen LogP contribution in [0.15, 0.2) is 6.20 Å². The maximum atomic E-state index is 12.9. The molecule has 24 heavy (non-hydrogen) atoms. The lowest BCUT2D eigenvalue weighted by atomic mass is 10.1. The van der Waals surface area contributed by atoms with E-state index in [0.29, 0.717) is 24.8 Å². The largest absolute Gasteiger partial charge is 0.451 e. The Morgan fingerprint density at radius 1 is 1.33 bits per heavy atom. The molecule has 0 aliphatic heterocycles. The van der Waals surface area contributed by atoms with Crippen molar-refractivity contribution >= 4 is 17.7 Å². The summed E-state index contributed by atoms with van der Waals surface area (Å²) in [6.45, 7) is 0.217. The minimum atomic E-state index is -4.64. The van der Waals surface area contributed by atoms with Crippen molar-refractivity contribution in [2.75, 3.05) is 19.0 Å². The lowest BCUT2D eigenvalue weighted by Gasteiger charge is -2.09. The van der Waals surface area contributed by atoms with Gasteiger partial charge in [0.2, 0.25) is 11.8 Å². The van der Waals surface area contributed by atoms with Crippen LogP contribution >= 0.6 is 0 Å². The molecule has 2 rings (SSSR count). The topological polar surface area (TPSA) is 107 Å². The quantitative estimate of drug-likeness (QED) is 0.743. The number of carbonyl (C=O) groups is 1. The highest BCUT2D eigenvalue weighted by atomic mass is 19.4. The summed E-state index contributed by atoms with van der Waals surface area (Å²) in [4.78, 5) is 17.4. The molecule has 0 fully saturated rings. The maximum Gasteiger partial charge on any atom is 0.451 e. The predicted octanol–water partition coefficient (Wildman–Crippen LogP) is 1.99. The lowest BCUT2D eigenvalue weighted by Crippen LogP contribution is -2.15. The number of rotatable bonds is 7. The van der Waals surface area contributed by atoms with Crippen LogP contribution in [0.3, 0.4) is 0 Å². The lowest BCUT2D eigenvalue weighted by molar-refractivity contribution is -0.144. The Labute approximate surface area is 135 Å². The molecule has 2 heterocycles. The molecule has 0 spiro atoms. The molecule has 11 heteroatoms. The minimum absolute atomic E-state index is 0.0339. The van der Waals surface area contributed by atoms with Crippen LogP contribution in [0.4, 0.5) is 23.9 Å². The van der Waals surface area contributed by atoms with Crippen LogP contribution in [0.2, 0.25) is 0 Å². The predicted molar refractivity (Wildman–Crippen MR) is 78.4 cm³/mol. The molecular weight excluding hydrogens is 329 g/mol. The first-order valence-electron chi connectivity index (χ1n) is 7.24. The van der Waals surface area contributed by atoms with E-state index in [4.69, 9.17) is 5.73 Å². The van der Waals surface area contributed by atoms with Crippen molar-refractivity contribution in [1.29, 1.82) is 0 Å². The fourth-order valence-corrected chi connectivity index (χ4v) is 2.16. The van der Waals surface area contributed by atoms with Crippen LogP contribution < -0.4 is 11.1 Å². The Bertz CT molecular complexity index is 716. The van der Waals surface area contributed by atoms with E-state index in [2.05, 4.69) is 25.1 Å². The molecule has 0 saturated heterocycles. The molecule has 0 unspecified atom stereocenters. The summed E-state index contributed by atoms with van der Waals surface area (Å²) in [6.07, 6.45) is -1.46. The number of hydrogen-bond donors (Lipinski definition) is 2. The first-order valence-corrected chi connectivity index (χ1v) is 7.24. The number of anilines is 1. The van der Waals surface area contributed by atoms with Crippen LogP contribution in [0.25, 0.3) is 5.65 Å². The molecule has 0 saturated carbocycles. The highest BCUT2D eigenvalue weighted by molar-refractivity contribution is 5.64. The van der Waals surface area contributed by atoms with Crippen LogP contribution in [0.1, 0.15) is 30.7 Å². The van der Waals surface area contributed by atoms with Crippen LogP contribution in [0.5, 0.6) is 0 Å². The summed E-state index contributed by atoms with van der Waals surface area (Å²) < 4.78 is 44.5. The smallest absolute Gasteiger partial charge is 0.450 e. The van der Waals surface area contributed by atoms with E-state index in [0.717, 1.165) is 6.42 Å². The summed E-state index contributed by atoms with van der Waals surface area (Å²) in [5.41, 5.74) is 5.55. The van der Waals surface area contributed by atoms with E-state index in [-0.39, 0.29) is 18.2 Å². The second-order valence-electron chi connectivity index (χ2n) is 5.00. The third-order valence-corrected chi connectivity index (χ3v) is 3.25. The minimum Gasteiger partial charge on any atom is -0.450 e. The van der Waals surface area contributed by atoms with E-state index in [9.17, 15) is 18.0 Å². The molecule has 8 nitrogen and oxygen atoms in total. The van der Waals surface area contributed by atoms with Gasteiger partial charge in [-0.1, -0.05) is 0 Å². The number of nitrogens with one attached hydrogen (secondary N) is 1. The van der Waals surface area contributed by atoms with Gasteiger partial charge in [-0.05, 0) is 25.7 Å². The van der Waals surface area contributed by atoms with Crippen molar-refractivity contribution in [1.82, 2.24) is 19.6 Å². The van der Waals surface area contributed by atoms with E-state index >= 15 is 0 Å². The van der Waals surface area contributed by atoms with Crippen LogP contribution in [-0.4, -0.2) is 39.3 Å². The monoisotopic (exact) mass is 346 g/mol. The van der Waals surface area contributed by atoms with Gasteiger partial charge in [0.25, 0.3) is 0 Å². The Balaban J connectivity index is 2.09. The van der Waals surface area contributed by atoms with E-state index < -0.39 is 18.1 Å². The van der Waals surface area contributed by atoms with E-state index in [1.807, 2.05) is 0 Å². The average molecular weight is 346 g/mol. The average Bonchev–Trinajstić information content (AvgIpc) is 2.92. The number of ether oxygens (including phenoxy) is 1. The summed E-state index contributed by atoms with van der Waals surface area (Å²) in [7, 11) is 1.46. The van der Waals surface area contributed by atoms with Crippen molar-refractivity contribution in [2.24, 2.45) is 5.73 Å². The van der Waals surface area contributed by atoms with E-state index in [1.165, 1.54) is 17.8 Å². The number of nitrogens with two attached hydrogens (primary N) is 1. The Morgan fingerprint density at radius 3 is 2.71 bits per heavy atom. The third-order valence-electron chi connectivity index (χ3n) is 3.25. The van der Waals surface area contributed by atoms with Crippen molar-refractivity contribution in [2.45, 2.75) is 31.9 Å². The molecule has 1 amide bonds. The number of primary amides is 1. The van der Waals surface area contributed by atoms with Crippen LogP contribution in [-0.2, 0) is 17.3 Å². The van der Waals surface area contributed by atoms with Gasteiger partial charge in [0, 0.05) is 12.6 Å². The Hall–Kier alpha value is -2.59. The molecule has 3 N–H and O–H groups in total. The van der Waals surface area contributed by atoms with Gasteiger partial charge in [-0.15, -0.1) is 0 Å². The van der Waals surface area contributed by atoms with Gasteiger partial charge in [0.05, 0.1) is 12.8 Å². The second-order valence-corrected chi connectivity index (χ2v) is 5.00. The number of aryl methyl sites for hydroxylation is 1. The summed E-state index contributed by atoms with van der Waals surface area (Å²) in [5, 5.41) is 6.61. The molecule has 0 aliphatic rings. The molecule has 2 aromatic heterocycles. The fourth-order valence-electron chi connectivity index (χ4n) is 2.16. The number of carbonyl (C=O) groups excluding carboxylic acids is 1. The van der Waals surface area contributed by atoms with Gasteiger partial charge in [0.1, 0.15) is 0 Å². The molecule has 2 aromatic rings. The number of aromatic nitrogens is 4. The second kappa shape index (κ2) is 7.32. The number of alkyl halides is 3. The molecule has 132 valence electrons. The number of unbranched alkanes of at least 4 members (excludes halogenated alkanes) is 2. The van der Waals surface area contributed by atoms with Gasteiger partial charge in [-0.2, -0.15) is 27.8 Å². The molecule has 0 bridgehead atoms. The summed E-state index contributed by atoms with van der Waals surface area (Å²) in [6, 6.07) is 0. The first kappa shape index (κ1) is 17.8. The highest BCUT2D eigenvalue weighted by Crippen LogP contribution is 2.28. The van der Waals surface area contributed by atoms with E-state index in [1.54, 1.807) is 0 Å². The van der Waals surface area contributed by atoms with Gasteiger partial charge in [-0.3, -0.25) is 0 Å². The highest BCUT2D eigenvalue weighted by Gasteiger charge is 2.36. The molecule has 0 aromatic carbocycles. The number of halogens is 3. The number of hydrogen-bond acceptors (Lipinski definition) is 6. The molecular formula is C13H17F3N6O2. The zero-order valence-corrected chi connectivity index (χ0v) is 12.9. The standard InChI is InChI=1S/C13H17F3N6O2/c1-18-12-21-10(13(14,15)16)20-9-8(7-19-22(9)12)5-3-2-4-6-24-11(17)23/h7H,2-6H2,1H3,(H2,17,23)(H,18,20,21). The molecule has 0 aliphatic carbocycles. The van der Waals surface area contributed by atoms with Crippen molar-refractivity contribution < 1.29 is 22.7 Å². The number of nitrogens with zero attached hydrogens (tertiary/aromatic N) is 4. The van der Waals surface area contributed by atoms with Gasteiger partial charge < -0.3 is 15.8 Å². The molecule has 0 atom stereocenters. The van der Waals surface area contributed by atoms with Gasteiger partial charge >= 0.3 is 12.3 Å². The zero-order valence-electron chi connectivity index (χ0n) is 12.9. The van der Waals surface area contributed by atoms with Gasteiger partial charge in [0.15, 0.2) is 5.65 Å². The summed E-state index contributed by atoms with van der Waals surface area (Å²) >= 11 is 0. The normalized spacial score (nSPS) is 11.7. The third kappa shape index (κ3) is 4.24. The Morgan fingerprint density at radius 2 is 2.08 bits per heavy atom. The van der Waals surface area contributed by atoms with Gasteiger partial charge in [-0.25, -0.2) is 9.78 Å². The SMILES string of the molecule is CNc1nc(C(F)(F)F)nc2c(CCCCCOC(N)=O)cnn12. The zero-order chi connectivity index (χ0) is 17.7. The molecule has 0 radical (unpaired) electrons. The Kier molecular flexibility index (Phi) is 5.42. The first-order chi connectivity index (χ1) is 11.3. The van der Waals surface area contributed by atoms with Crippen molar-refractivity contribution in [3.05, 3.63) is 17.6 Å². The maximum absolute atomic E-state index is 12.9. The number of amides is 1. The fraction of sp³-hybridized carbons (Fsp3) is 0.538.